The fourth-order valence-electron chi connectivity index (χ4n) is 2.53. The Hall–Kier alpha value is -2.70. The molecule has 2 aromatic rings. The lowest BCUT2D eigenvalue weighted by molar-refractivity contribution is 0.0945. The minimum Gasteiger partial charge on any atom is -0.346 e. The van der Waals surface area contributed by atoms with Crippen LogP contribution >= 0.6 is 0 Å². The third-order valence-electron chi connectivity index (χ3n) is 3.63. The van der Waals surface area contributed by atoms with Gasteiger partial charge < -0.3 is 10.3 Å². The molecule has 23 heavy (non-hydrogen) atoms. The first-order valence-electron chi connectivity index (χ1n) is 7.54. The van der Waals surface area contributed by atoms with E-state index in [9.17, 15) is 14.4 Å². The number of aromatic nitrogens is 3. The lowest BCUT2D eigenvalue weighted by atomic mass is 10.0. The summed E-state index contributed by atoms with van der Waals surface area (Å²) in [7, 11) is 0. The summed E-state index contributed by atoms with van der Waals surface area (Å²) in [4.78, 5) is 38.1. The Labute approximate surface area is 133 Å². The highest BCUT2D eigenvalue weighted by molar-refractivity contribution is 5.92. The van der Waals surface area contributed by atoms with E-state index in [0.29, 0.717) is 24.0 Å². The van der Waals surface area contributed by atoms with Crippen molar-refractivity contribution < 1.29 is 4.79 Å². The third kappa shape index (κ3) is 3.74. The van der Waals surface area contributed by atoms with Crippen LogP contribution in [0.2, 0.25) is 0 Å². The molecule has 122 valence electrons. The molecule has 7 nitrogen and oxygen atoms in total. The second kappa shape index (κ2) is 7.04. The molecule has 0 aromatic carbocycles. The quantitative estimate of drug-likeness (QED) is 0.759. The van der Waals surface area contributed by atoms with E-state index in [1.54, 1.807) is 13.0 Å². The van der Waals surface area contributed by atoms with Gasteiger partial charge in [0, 0.05) is 18.2 Å². The molecule has 0 atom stereocenters. The molecule has 2 aromatic heterocycles. The van der Waals surface area contributed by atoms with Gasteiger partial charge in [-0.15, -0.1) is 0 Å². The summed E-state index contributed by atoms with van der Waals surface area (Å²) in [6.07, 6.45) is 1.36. The number of H-pyrrole nitrogens is 2. The highest BCUT2D eigenvalue weighted by atomic mass is 16.2. The highest BCUT2D eigenvalue weighted by Gasteiger charge is 2.14. The van der Waals surface area contributed by atoms with Crippen molar-refractivity contribution in [3.05, 3.63) is 60.9 Å². The lowest BCUT2D eigenvalue weighted by Gasteiger charge is -2.11. The van der Waals surface area contributed by atoms with Gasteiger partial charge in [0.05, 0.1) is 5.69 Å². The summed E-state index contributed by atoms with van der Waals surface area (Å²) >= 11 is 0. The predicted molar refractivity (Wildman–Crippen MR) is 86.6 cm³/mol. The number of hydrogen-bond donors (Lipinski definition) is 3. The SMILES string of the molecule is CCc1n[nH]c(=O)c(CNC(=O)c2cc(C)cc(=O)[nH]2)c1CC. The van der Waals surface area contributed by atoms with Crippen LogP contribution in [-0.4, -0.2) is 21.1 Å². The molecule has 1 amide bonds. The zero-order chi connectivity index (χ0) is 17.0. The zero-order valence-electron chi connectivity index (χ0n) is 13.4. The molecule has 0 saturated heterocycles. The smallest absolute Gasteiger partial charge is 0.269 e. The molecular weight excluding hydrogens is 296 g/mol. The zero-order valence-corrected chi connectivity index (χ0v) is 13.4. The molecule has 0 fully saturated rings. The molecule has 3 N–H and O–H groups in total. The first kappa shape index (κ1) is 16.7. The van der Waals surface area contributed by atoms with Crippen LogP contribution in [-0.2, 0) is 19.4 Å². The van der Waals surface area contributed by atoms with Gasteiger partial charge in [-0.3, -0.25) is 14.4 Å². The van der Waals surface area contributed by atoms with Gasteiger partial charge in [0.2, 0.25) is 5.56 Å². The van der Waals surface area contributed by atoms with Crippen molar-refractivity contribution in [1.82, 2.24) is 20.5 Å². The van der Waals surface area contributed by atoms with E-state index in [4.69, 9.17) is 0 Å². The molecule has 2 rings (SSSR count). The molecule has 0 radical (unpaired) electrons. The summed E-state index contributed by atoms with van der Waals surface area (Å²) in [6, 6.07) is 3.00. The molecule has 0 aliphatic carbocycles. The van der Waals surface area contributed by atoms with Crippen LogP contribution in [0.15, 0.2) is 21.7 Å². The average molecular weight is 316 g/mol. The average Bonchev–Trinajstić information content (AvgIpc) is 2.52. The van der Waals surface area contributed by atoms with Crippen LogP contribution in [0.1, 0.15) is 46.7 Å². The van der Waals surface area contributed by atoms with E-state index in [1.165, 1.54) is 6.07 Å². The number of carbonyl (C=O) groups excluding carboxylic acids is 1. The molecule has 0 spiro atoms. The fourth-order valence-corrected chi connectivity index (χ4v) is 2.53. The monoisotopic (exact) mass is 316 g/mol. The standard InChI is InChI=1S/C16H20N4O3/c1-4-10-11(15(22)20-19-12(10)5-2)8-17-16(23)13-6-9(3)7-14(21)18-13/h6-7H,4-5,8H2,1-3H3,(H,17,23)(H,18,21)(H,20,22). The van der Waals surface area contributed by atoms with Gasteiger partial charge >= 0.3 is 0 Å². The summed E-state index contributed by atoms with van der Waals surface area (Å²) < 4.78 is 0. The molecule has 2 heterocycles. The summed E-state index contributed by atoms with van der Waals surface area (Å²) in [5.74, 6) is -0.429. The number of rotatable bonds is 5. The number of amides is 1. The third-order valence-corrected chi connectivity index (χ3v) is 3.63. The number of aryl methyl sites for hydroxylation is 2. The van der Waals surface area contributed by atoms with Crippen molar-refractivity contribution in [2.45, 2.75) is 40.2 Å². The second-order valence-corrected chi connectivity index (χ2v) is 5.28. The first-order chi connectivity index (χ1) is 11.0. The predicted octanol–water partition coefficient (Wildman–Crippen LogP) is 0.821. The number of hydrogen-bond acceptors (Lipinski definition) is 4. The van der Waals surface area contributed by atoms with Gasteiger partial charge in [-0.2, -0.15) is 5.10 Å². The maximum atomic E-state index is 12.2. The molecular formula is C16H20N4O3. The Balaban J connectivity index is 2.25. The molecule has 0 aliphatic rings. The molecule has 0 aliphatic heterocycles. The Kier molecular flexibility index (Phi) is 5.10. The van der Waals surface area contributed by atoms with Crippen LogP contribution in [0.5, 0.6) is 0 Å². The number of nitrogens with zero attached hydrogens (tertiary/aromatic N) is 1. The molecule has 7 heteroatoms. The number of carbonyl (C=O) groups is 1. The van der Waals surface area contributed by atoms with Crippen LogP contribution < -0.4 is 16.4 Å². The summed E-state index contributed by atoms with van der Waals surface area (Å²) in [5, 5.41) is 9.18. The van der Waals surface area contributed by atoms with Gasteiger partial charge in [0.15, 0.2) is 0 Å². The van der Waals surface area contributed by atoms with Crippen molar-refractivity contribution in [2.75, 3.05) is 0 Å². The van der Waals surface area contributed by atoms with Crippen molar-refractivity contribution in [3.8, 4) is 0 Å². The Bertz CT molecular complexity index is 836. The van der Waals surface area contributed by atoms with E-state index in [0.717, 1.165) is 11.3 Å². The van der Waals surface area contributed by atoms with Crippen LogP contribution in [0, 0.1) is 6.92 Å². The van der Waals surface area contributed by atoms with Gasteiger partial charge in [0.25, 0.3) is 11.5 Å². The van der Waals surface area contributed by atoms with E-state index < -0.39 is 5.91 Å². The van der Waals surface area contributed by atoms with Crippen molar-refractivity contribution in [3.63, 3.8) is 0 Å². The summed E-state index contributed by atoms with van der Waals surface area (Å²) in [6.45, 7) is 5.73. The van der Waals surface area contributed by atoms with Crippen LogP contribution in [0.3, 0.4) is 0 Å². The van der Waals surface area contributed by atoms with E-state index in [-0.39, 0.29) is 23.4 Å². The van der Waals surface area contributed by atoms with Crippen molar-refractivity contribution in [1.29, 1.82) is 0 Å². The topological polar surface area (TPSA) is 108 Å². The number of pyridine rings is 1. The first-order valence-corrected chi connectivity index (χ1v) is 7.54. The Morgan fingerprint density at radius 1 is 1.17 bits per heavy atom. The maximum Gasteiger partial charge on any atom is 0.269 e. The minimum atomic E-state index is -0.429. The van der Waals surface area contributed by atoms with Gasteiger partial charge in [-0.25, -0.2) is 5.10 Å². The fraction of sp³-hybridized carbons (Fsp3) is 0.375. The van der Waals surface area contributed by atoms with E-state index in [2.05, 4.69) is 20.5 Å². The largest absolute Gasteiger partial charge is 0.346 e. The van der Waals surface area contributed by atoms with Crippen LogP contribution in [0.25, 0.3) is 0 Å². The van der Waals surface area contributed by atoms with Crippen molar-refractivity contribution in [2.24, 2.45) is 0 Å². The van der Waals surface area contributed by atoms with Gasteiger partial charge in [-0.05, 0) is 37.0 Å². The Morgan fingerprint density at radius 3 is 2.52 bits per heavy atom. The highest BCUT2D eigenvalue weighted by Crippen LogP contribution is 2.10. The maximum absolute atomic E-state index is 12.2. The van der Waals surface area contributed by atoms with Crippen molar-refractivity contribution >= 4 is 5.91 Å². The molecule has 0 unspecified atom stereocenters. The Morgan fingerprint density at radius 2 is 1.91 bits per heavy atom. The second-order valence-electron chi connectivity index (χ2n) is 5.28. The number of nitrogens with one attached hydrogen (secondary N) is 3. The minimum absolute atomic E-state index is 0.0861. The van der Waals surface area contributed by atoms with Crippen LogP contribution in [0.4, 0.5) is 0 Å². The molecule has 0 saturated carbocycles. The van der Waals surface area contributed by atoms with Gasteiger partial charge in [0.1, 0.15) is 5.69 Å². The molecule has 0 bridgehead atoms. The summed E-state index contributed by atoms with van der Waals surface area (Å²) in [5.41, 5.74) is 2.41. The van der Waals surface area contributed by atoms with E-state index in [1.807, 2.05) is 13.8 Å². The van der Waals surface area contributed by atoms with Gasteiger partial charge in [-0.1, -0.05) is 13.8 Å². The van der Waals surface area contributed by atoms with E-state index >= 15 is 0 Å². The lowest BCUT2D eigenvalue weighted by Crippen LogP contribution is -2.30. The normalized spacial score (nSPS) is 10.6. The number of aromatic amines is 2.